The van der Waals surface area contributed by atoms with Gasteiger partial charge >= 0.3 is 5.97 Å². The van der Waals surface area contributed by atoms with Crippen LogP contribution in [0.3, 0.4) is 0 Å². The lowest BCUT2D eigenvalue weighted by Crippen LogP contribution is -2.49. The molecule has 1 heterocycles. The van der Waals surface area contributed by atoms with Crippen molar-refractivity contribution < 1.29 is 19.2 Å². The minimum absolute atomic E-state index is 0.108. The number of carbonyl (C=O) groups excluding carboxylic acids is 2. The maximum absolute atomic E-state index is 12.4. The van der Waals surface area contributed by atoms with E-state index in [1.165, 1.54) is 25.1 Å². The Hall–Kier alpha value is -2.44. The molecule has 0 aromatic heterocycles. The fourth-order valence-corrected chi connectivity index (χ4v) is 3.23. The van der Waals surface area contributed by atoms with E-state index in [4.69, 9.17) is 4.74 Å². The van der Waals surface area contributed by atoms with Crippen LogP contribution in [0.15, 0.2) is 18.2 Å². The lowest BCUT2D eigenvalue weighted by Gasteiger charge is -2.38. The van der Waals surface area contributed by atoms with Crippen molar-refractivity contribution >= 4 is 17.6 Å². The maximum atomic E-state index is 12.4. The number of rotatable bonds is 4. The van der Waals surface area contributed by atoms with Crippen molar-refractivity contribution in [3.63, 3.8) is 0 Å². The molecular formula is C17H22N2O5. The van der Waals surface area contributed by atoms with Crippen LogP contribution in [0.25, 0.3) is 0 Å². The van der Waals surface area contributed by atoms with E-state index in [2.05, 4.69) is 0 Å². The van der Waals surface area contributed by atoms with Crippen molar-refractivity contribution in [2.75, 3.05) is 6.61 Å². The molecule has 7 heteroatoms. The summed E-state index contributed by atoms with van der Waals surface area (Å²) in [5.41, 5.74) is 0.199. The fourth-order valence-electron chi connectivity index (χ4n) is 3.23. The Kier molecular flexibility index (Phi) is 5.54. The molecule has 2 atom stereocenters. The summed E-state index contributed by atoms with van der Waals surface area (Å²) in [5.74, 6) is -0.951. The Morgan fingerprint density at radius 2 is 1.92 bits per heavy atom. The van der Waals surface area contributed by atoms with Crippen molar-refractivity contribution in [3.8, 4) is 0 Å². The van der Waals surface area contributed by atoms with E-state index in [1.807, 2.05) is 13.8 Å². The smallest absolute Gasteiger partial charge is 0.339 e. The van der Waals surface area contributed by atoms with Crippen LogP contribution >= 0.6 is 0 Å². The maximum Gasteiger partial charge on any atom is 0.339 e. The van der Waals surface area contributed by atoms with E-state index < -0.39 is 10.9 Å². The fraction of sp³-hybridized carbons (Fsp3) is 0.529. The third-order valence-electron chi connectivity index (χ3n) is 4.53. The van der Waals surface area contributed by atoms with Gasteiger partial charge in [-0.3, -0.25) is 14.9 Å². The number of benzene rings is 1. The zero-order chi connectivity index (χ0) is 17.9. The standard InChI is InChI=1S/C17H22N2O5/c1-11-6-4-7-12(2)18(11)16(20)10-24-17(21)14-8-5-9-15(13(14)3)19(22)23/h5,8-9,11-12H,4,6-7,10H2,1-3H3. The molecule has 1 amide bonds. The van der Waals surface area contributed by atoms with Gasteiger partial charge in [-0.15, -0.1) is 0 Å². The highest BCUT2D eigenvalue weighted by atomic mass is 16.6. The minimum Gasteiger partial charge on any atom is -0.452 e. The molecule has 0 saturated carbocycles. The molecule has 0 N–H and O–H groups in total. The molecule has 2 unspecified atom stereocenters. The highest BCUT2D eigenvalue weighted by Gasteiger charge is 2.29. The molecule has 24 heavy (non-hydrogen) atoms. The van der Waals surface area contributed by atoms with Gasteiger partial charge in [0.2, 0.25) is 0 Å². The number of hydrogen-bond donors (Lipinski definition) is 0. The summed E-state index contributed by atoms with van der Waals surface area (Å²) in [4.78, 5) is 36.7. The number of nitrogens with zero attached hydrogens (tertiary/aromatic N) is 2. The highest BCUT2D eigenvalue weighted by molar-refractivity contribution is 5.93. The first kappa shape index (κ1) is 17.9. The highest BCUT2D eigenvalue weighted by Crippen LogP contribution is 2.24. The third kappa shape index (κ3) is 3.72. The van der Waals surface area contributed by atoms with Gasteiger partial charge in [-0.05, 0) is 46.1 Å². The molecule has 1 aromatic rings. The molecule has 1 aliphatic rings. The Morgan fingerprint density at radius 1 is 1.29 bits per heavy atom. The molecule has 1 fully saturated rings. The number of nitro benzene ring substituents is 1. The first-order chi connectivity index (χ1) is 11.3. The average Bonchev–Trinajstić information content (AvgIpc) is 2.52. The van der Waals surface area contributed by atoms with Gasteiger partial charge in [0.05, 0.1) is 10.5 Å². The van der Waals surface area contributed by atoms with Gasteiger partial charge < -0.3 is 9.64 Å². The van der Waals surface area contributed by atoms with E-state index in [-0.39, 0.29) is 41.4 Å². The van der Waals surface area contributed by atoms with Crippen LogP contribution in [-0.2, 0) is 9.53 Å². The molecule has 7 nitrogen and oxygen atoms in total. The molecule has 0 spiro atoms. The van der Waals surface area contributed by atoms with Gasteiger partial charge in [0.1, 0.15) is 0 Å². The number of piperidine rings is 1. The molecular weight excluding hydrogens is 312 g/mol. The van der Waals surface area contributed by atoms with Crippen molar-refractivity contribution in [2.45, 2.75) is 52.1 Å². The number of esters is 1. The zero-order valence-electron chi connectivity index (χ0n) is 14.2. The minimum atomic E-state index is -0.720. The molecule has 0 aliphatic carbocycles. The molecule has 0 bridgehead atoms. The molecule has 0 radical (unpaired) electrons. The second kappa shape index (κ2) is 7.42. The predicted molar refractivity (Wildman–Crippen MR) is 87.7 cm³/mol. The molecule has 1 saturated heterocycles. The van der Waals surface area contributed by atoms with Gasteiger partial charge in [-0.25, -0.2) is 4.79 Å². The van der Waals surface area contributed by atoms with Crippen molar-refractivity contribution in [1.29, 1.82) is 0 Å². The van der Waals surface area contributed by atoms with E-state index in [1.54, 1.807) is 4.90 Å². The average molecular weight is 334 g/mol. The summed E-state index contributed by atoms with van der Waals surface area (Å²) >= 11 is 0. The van der Waals surface area contributed by atoms with Crippen LogP contribution in [0, 0.1) is 17.0 Å². The summed E-state index contributed by atoms with van der Waals surface area (Å²) < 4.78 is 5.10. The number of carbonyl (C=O) groups is 2. The monoisotopic (exact) mass is 334 g/mol. The third-order valence-corrected chi connectivity index (χ3v) is 4.53. The summed E-state index contributed by atoms with van der Waals surface area (Å²) in [6.45, 7) is 5.11. The largest absolute Gasteiger partial charge is 0.452 e. The Labute approximate surface area is 140 Å². The number of likely N-dealkylation sites (tertiary alicyclic amines) is 1. The van der Waals surface area contributed by atoms with Crippen LogP contribution in [-0.4, -0.2) is 40.4 Å². The molecule has 1 aliphatic heterocycles. The SMILES string of the molecule is Cc1c(C(=O)OCC(=O)N2C(C)CCCC2C)cccc1[N+](=O)[O-]. The lowest BCUT2D eigenvalue weighted by molar-refractivity contribution is -0.385. The van der Waals surface area contributed by atoms with E-state index in [9.17, 15) is 19.7 Å². The van der Waals surface area contributed by atoms with Gasteiger partial charge in [0.25, 0.3) is 11.6 Å². The quantitative estimate of drug-likeness (QED) is 0.480. The van der Waals surface area contributed by atoms with Crippen LogP contribution in [0.4, 0.5) is 5.69 Å². The molecule has 2 rings (SSSR count). The summed E-state index contributed by atoms with van der Waals surface area (Å²) in [7, 11) is 0. The van der Waals surface area contributed by atoms with E-state index in [0.717, 1.165) is 19.3 Å². The zero-order valence-corrected chi connectivity index (χ0v) is 14.2. The normalized spacial score (nSPS) is 20.5. The Bertz CT molecular complexity index is 648. The summed E-state index contributed by atoms with van der Waals surface area (Å²) in [6.07, 6.45) is 2.96. The van der Waals surface area contributed by atoms with Crippen molar-refractivity contribution in [1.82, 2.24) is 4.90 Å². The Morgan fingerprint density at radius 3 is 2.50 bits per heavy atom. The first-order valence-electron chi connectivity index (χ1n) is 8.05. The number of nitro groups is 1. The number of ether oxygens (including phenoxy) is 1. The van der Waals surface area contributed by atoms with Crippen LogP contribution in [0.5, 0.6) is 0 Å². The lowest BCUT2D eigenvalue weighted by atomic mass is 9.97. The van der Waals surface area contributed by atoms with Gasteiger partial charge in [-0.2, -0.15) is 0 Å². The summed E-state index contributed by atoms with van der Waals surface area (Å²) in [5, 5.41) is 10.9. The predicted octanol–water partition coefficient (Wildman–Crippen LogP) is 2.85. The van der Waals surface area contributed by atoms with Gasteiger partial charge in [0.15, 0.2) is 6.61 Å². The van der Waals surface area contributed by atoms with Crippen molar-refractivity contribution in [2.24, 2.45) is 0 Å². The van der Waals surface area contributed by atoms with Gasteiger partial charge in [-0.1, -0.05) is 6.07 Å². The van der Waals surface area contributed by atoms with E-state index >= 15 is 0 Å². The van der Waals surface area contributed by atoms with Crippen LogP contribution in [0.2, 0.25) is 0 Å². The first-order valence-corrected chi connectivity index (χ1v) is 8.05. The number of hydrogen-bond acceptors (Lipinski definition) is 5. The van der Waals surface area contributed by atoms with Crippen molar-refractivity contribution in [3.05, 3.63) is 39.4 Å². The Balaban J connectivity index is 2.04. The number of amides is 1. The van der Waals surface area contributed by atoms with E-state index in [0.29, 0.717) is 0 Å². The van der Waals surface area contributed by atoms with Crippen LogP contribution in [0.1, 0.15) is 49.0 Å². The molecule has 1 aromatic carbocycles. The topological polar surface area (TPSA) is 89.8 Å². The van der Waals surface area contributed by atoms with Gasteiger partial charge in [0, 0.05) is 23.7 Å². The molecule has 130 valence electrons. The summed E-state index contributed by atoms with van der Waals surface area (Å²) in [6, 6.07) is 4.47. The second-order valence-electron chi connectivity index (χ2n) is 6.21. The second-order valence-corrected chi connectivity index (χ2v) is 6.21. The van der Waals surface area contributed by atoms with Crippen LogP contribution < -0.4 is 0 Å².